The molecule has 0 heterocycles. The number of rotatable bonds is 2. The van der Waals surface area contributed by atoms with E-state index in [1.807, 2.05) is 60.7 Å². The molecule has 0 bridgehead atoms. The maximum atomic E-state index is 8.07. The van der Waals surface area contributed by atoms with Gasteiger partial charge in [-0.3, -0.25) is 0 Å². The van der Waals surface area contributed by atoms with E-state index < -0.39 is 0 Å². The number of hydrogen-bond acceptors (Lipinski definition) is 1. The molecule has 0 atom stereocenters. The van der Waals surface area contributed by atoms with Gasteiger partial charge in [-0.2, -0.15) is 36.4 Å². The Kier molecular flexibility index (Phi) is 27.4. The van der Waals surface area contributed by atoms with Crippen LogP contribution in [0.25, 0.3) is 0 Å². The number of aliphatic hydroxyl groups is 1. The fourth-order valence-corrected chi connectivity index (χ4v) is 0.800. The van der Waals surface area contributed by atoms with Gasteiger partial charge in [-0.15, -0.1) is 0 Å². The third kappa shape index (κ3) is 21.6. The van der Waals surface area contributed by atoms with Gasteiger partial charge in [-0.1, -0.05) is 13.3 Å². The molecule has 93 valence electrons. The maximum Gasteiger partial charge on any atom is 3.00 e. The Hall–Kier alpha value is -0.167. The largest absolute Gasteiger partial charge is 3.00 e. The van der Waals surface area contributed by atoms with Gasteiger partial charge in [0.15, 0.2) is 0 Å². The molecular weight excluding hydrogens is 311 g/mol. The molecule has 0 aliphatic heterocycles. The van der Waals surface area contributed by atoms with Crippen molar-refractivity contribution in [1.82, 2.24) is 0 Å². The standard InChI is InChI=1S/2C5H5.C4H10O.ClH.Zr/c2*1-2-4-5-3-1;1-2-3-4-5;;/h2*1-5H;5H,2-4H2,1H3;1H;/q2*-1;;;+3/p-1. The van der Waals surface area contributed by atoms with Gasteiger partial charge in [0.25, 0.3) is 0 Å². The predicted octanol–water partition coefficient (Wildman–Crippen LogP) is 0.591. The predicted molar refractivity (Wildman–Crippen MR) is 66.1 cm³/mol. The molecule has 0 fully saturated rings. The zero-order valence-corrected chi connectivity index (χ0v) is 13.4. The Morgan fingerprint density at radius 3 is 1.29 bits per heavy atom. The van der Waals surface area contributed by atoms with Crippen LogP contribution < -0.4 is 12.4 Å². The topological polar surface area (TPSA) is 20.2 Å². The van der Waals surface area contributed by atoms with Crippen molar-refractivity contribution in [3.63, 3.8) is 0 Å². The van der Waals surface area contributed by atoms with E-state index in [1.54, 1.807) is 0 Å². The van der Waals surface area contributed by atoms with Crippen LogP contribution >= 0.6 is 0 Å². The van der Waals surface area contributed by atoms with Crippen molar-refractivity contribution in [2.45, 2.75) is 19.8 Å². The zero-order chi connectivity index (χ0) is 11.2. The van der Waals surface area contributed by atoms with E-state index in [4.69, 9.17) is 5.11 Å². The monoisotopic (exact) mass is 329 g/mol. The second kappa shape index (κ2) is 21.2. The Labute approximate surface area is 130 Å². The van der Waals surface area contributed by atoms with E-state index in [9.17, 15) is 0 Å². The van der Waals surface area contributed by atoms with Crippen LogP contribution in [0, 0.1) is 0 Å². The van der Waals surface area contributed by atoms with Gasteiger partial charge in [0, 0.05) is 6.61 Å². The minimum atomic E-state index is 0. The van der Waals surface area contributed by atoms with Crippen LogP contribution in [-0.4, -0.2) is 11.7 Å². The van der Waals surface area contributed by atoms with Crippen LogP contribution in [0.2, 0.25) is 0 Å². The molecule has 0 saturated carbocycles. The summed E-state index contributed by atoms with van der Waals surface area (Å²) in [5.74, 6) is 0. The summed E-state index contributed by atoms with van der Waals surface area (Å²) in [6, 6.07) is 20.0. The van der Waals surface area contributed by atoms with E-state index in [0.29, 0.717) is 6.61 Å². The molecule has 2 aromatic rings. The summed E-state index contributed by atoms with van der Waals surface area (Å²) >= 11 is 0. The molecule has 0 spiro atoms. The summed E-state index contributed by atoms with van der Waals surface area (Å²) in [6.45, 7) is 2.40. The van der Waals surface area contributed by atoms with Gasteiger partial charge < -0.3 is 17.5 Å². The first-order chi connectivity index (χ1) is 7.41. The fourth-order valence-electron chi connectivity index (χ4n) is 0.800. The van der Waals surface area contributed by atoms with Crippen LogP contribution in [0.15, 0.2) is 60.7 Å². The molecule has 2 rings (SSSR count). The summed E-state index contributed by atoms with van der Waals surface area (Å²) in [5.41, 5.74) is 0. The van der Waals surface area contributed by atoms with Crippen molar-refractivity contribution < 1.29 is 43.7 Å². The summed E-state index contributed by atoms with van der Waals surface area (Å²) in [6.07, 6.45) is 2.04. The molecule has 0 amide bonds. The Morgan fingerprint density at radius 2 is 1.24 bits per heavy atom. The second-order valence-corrected chi connectivity index (χ2v) is 3.00. The fraction of sp³-hybridized carbons (Fsp3) is 0.286. The summed E-state index contributed by atoms with van der Waals surface area (Å²) in [7, 11) is 0. The Balaban J connectivity index is -0.000000163. The molecule has 2 aromatic carbocycles. The first-order valence-electron chi connectivity index (χ1n) is 5.36. The number of unbranched alkanes of at least 4 members (excludes halogenated alkanes) is 1. The molecule has 1 N–H and O–H groups in total. The summed E-state index contributed by atoms with van der Waals surface area (Å²) in [4.78, 5) is 0. The molecule has 1 radical (unpaired) electrons. The van der Waals surface area contributed by atoms with Crippen molar-refractivity contribution in [2.24, 2.45) is 0 Å². The van der Waals surface area contributed by atoms with E-state index in [1.165, 1.54) is 0 Å². The van der Waals surface area contributed by atoms with E-state index in [0.717, 1.165) is 12.8 Å². The van der Waals surface area contributed by atoms with Crippen LogP contribution in [0.4, 0.5) is 0 Å². The normalized spacial score (nSPS) is 7.18. The van der Waals surface area contributed by atoms with Crippen molar-refractivity contribution in [3.05, 3.63) is 60.7 Å². The number of hydrogen-bond donors (Lipinski definition) is 1. The minimum absolute atomic E-state index is 0. The van der Waals surface area contributed by atoms with Gasteiger partial charge in [0.1, 0.15) is 0 Å². The molecule has 0 aliphatic rings. The van der Waals surface area contributed by atoms with Gasteiger partial charge in [0.05, 0.1) is 0 Å². The molecule has 0 aromatic heterocycles. The number of halogens is 1. The molecule has 0 saturated heterocycles. The van der Waals surface area contributed by atoms with Crippen molar-refractivity contribution in [2.75, 3.05) is 6.61 Å². The Bertz CT molecular complexity index is 191. The number of aliphatic hydroxyl groups excluding tert-OH is 1. The van der Waals surface area contributed by atoms with E-state index >= 15 is 0 Å². The van der Waals surface area contributed by atoms with Gasteiger partial charge in [-0.25, -0.2) is 24.3 Å². The third-order valence-corrected chi connectivity index (χ3v) is 1.62. The molecular formula is C14H20ClOZr. The molecule has 0 aliphatic carbocycles. The van der Waals surface area contributed by atoms with Gasteiger partial charge >= 0.3 is 26.2 Å². The van der Waals surface area contributed by atoms with Crippen molar-refractivity contribution in [1.29, 1.82) is 0 Å². The van der Waals surface area contributed by atoms with Crippen LogP contribution in [-0.2, 0) is 26.2 Å². The third-order valence-electron chi connectivity index (χ3n) is 1.62. The van der Waals surface area contributed by atoms with Gasteiger partial charge in [0.2, 0.25) is 0 Å². The average Bonchev–Trinajstić information content (AvgIpc) is 2.99. The van der Waals surface area contributed by atoms with E-state index in [2.05, 4.69) is 6.92 Å². The molecule has 17 heavy (non-hydrogen) atoms. The first-order valence-corrected chi connectivity index (χ1v) is 5.36. The summed E-state index contributed by atoms with van der Waals surface area (Å²) < 4.78 is 0. The van der Waals surface area contributed by atoms with Crippen LogP contribution in [0.5, 0.6) is 0 Å². The average molecular weight is 331 g/mol. The zero-order valence-electron chi connectivity index (χ0n) is 10.2. The van der Waals surface area contributed by atoms with E-state index in [-0.39, 0.29) is 38.6 Å². The smallest absolute Gasteiger partial charge is 1.00 e. The van der Waals surface area contributed by atoms with Crippen molar-refractivity contribution in [3.8, 4) is 0 Å². The quantitative estimate of drug-likeness (QED) is 0.799. The molecule has 1 nitrogen and oxygen atoms in total. The van der Waals surface area contributed by atoms with Crippen LogP contribution in [0.1, 0.15) is 19.8 Å². The van der Waals surface area contributed by atoms with Crippen LogP contribution in [0.3, 0.4) is 0 Å². The van der Waals surface area contributed by atoms with Gasteiger partial charge in [-0.05, 0) is 6.42 Å². The maximum absolute atomic E-state index is 8.07. The molecule has 3 heteroatoms. The minimum Gasteiger partial charge on any atom is -1.00 e. The van der Waals surface area contributed by atoms with Crippen molar-refractivity contribution >= 4 is 0 Å². The Morgan fingerprint density at radius 1 is 0.882 bits per heavy atom. The SMILES string of the molecule is CCCCO.[Cl-].[Zr+3].c1cc[cH-]c1.c1cc[cH-]c1. The molecule has 0 unspecified atom stereocenters. The summed E-state index contributed by atoms with van der Waals surface area (Å²) in [5, 5.41) is 8.07. The first kappa shape index (κ1) is 22.1. The second-order valence-electron chi connectivity index (χ2n) is 3.00.